The number of alkyl halides is 3. The molecule has 1 aromatic heterocycles. The predicted octanol–water partition coefficient (Wildman–Crippen LogP) is 3.97. The van der Waals surface area contributed by atoms with Crippen LogP contribution in [-0.4, -0.2) is 28.9 Å². The van der Waals surface area contributed by atoms with E-state index in [9.17, 15) is 18.0 Å². The van der Waals surface area contributed by atoms with Crippen LogP contribution in [0.15, 0.2) is 36.4 Å². The van der Waals surface area contributed by atoms with E-state index in [-0.39, 0.29) is 24.4 Å². The Morgan fingerprint density at radius 3 is 2.48 bits per heavy atom. The van der Waals surface area contributed by atoms with Crippen LogP contribution in [0.5, 0.6) is 5.75 Å². The van der Waals surface area contributed by atoms with Crippen molar-refractivity contribution in [1.29, 1.82) is 0 Å². The van der Waals surface area contributed by atoms with Gasteiger partial charge in [0.25, 0.3) is 0 Å². The number of aryl methyl sites for hydroxylation is 1. The molecule has 142 valence electrons. The van der Waals surface area contributed by atoms with Gasteiger partial charge in [0.05, 0.1) is 17.8 Å². The summed E-state index contributed by atoms with van der Waals surface area (Å²) >= 11 is 0. The molecule has 0 atom stereocenters. The van der Waals surface area contributed by atoms with E-state index < -0.39 is 6.36 Å². The van der Waals surface area contributed by atoms with E-state index in [0.29, 0.717) is 17.8 Å². The molecule has 0 saturated carbocycles. The summed E-state index contributed by atoms with van der Waals surface area (Å²) in [7, 11) is 0. The van der Waals surface area contributed by atoms with Crippen molar-refractivity contribution in [2.75, 3.05) is 6.54 Å². The summed E-state index contributed by atoms with van der Waals surface area (Å²) in [5.41, 5.74) is 1.74. The third-order valence-electron chi connectivity index (χ3n) is 3.64. The number of carbonyl (C=O) groups excluding carboxylic acids is 1. The molecule has 0 spiro atoms. The fourth-order valence-electron chi connectivity index (χ4n) is 2.46. The number of aromatic nitrogens is 2. The topological polar surface area (TPSA) is 56.4 Å². The molecule has 2 rings (SSSR count). The molecule has 2 aromatic rings. The lowest BCUT2D eigenvalue weighted by atomic mass is 10.1. The van der Waals surface area contributed by atoms with E-state index in [2.05, 4.69) is 19.8 Å². The monoisotopic (exact) mass is 377 g/mol. The Bertz CT molecular complexity index is 799. The molecule has 0 unspecified atom stereocenters. The van der Waals surface area contributed by atoms with Gasteiger partial charge in [0, 0.05) is 12.8 Å². The number of rotatable bonds is 9. The van der Waals surface area contributed by atoms with Crippen molar-refractivity contribution in [3.63, 3.8) is 0 Å². The van der Waals surface area contributed by atoms with Crippen LogP contribution in [0.25, 0.3) is 4.85 Å². The average molecular weight is 377 g/mol. The minimum atomic E-state index is -4.77. The van der Waals surface area contributed by atoms with Crippen LogP contribution in [0.2, 0.25) is 0 Å². The number of nitrogens with zero attached hydrogens (tertiary/aromatic N) is 3. The highest BCUT2D eigenvalue weighted by Crippen LogP contribution is 2.23. The summed E-state index contributed by atoms with van der Waals surface area (Å²) in [6.45, 7) is 7.21. The van der Waals surface area contributed by atoms with Gasteiger partial charge in [-0.2, -0.15) is 10.2 Å². The highest BCUT2D eigenvalue weighted by Gasteiger charge is 2.31. The molecule has 0 amide bonds. The molecule has 27 heavy (non-hydrogen) atoms. The van der Waals surface area contributed by atoms with Crippen molar-refractivity contribution in [3.05, 3.63) is 64.8 Å². The van der Waals surface area contributed by atoms with Crippen LogP contribution in [0, 0.1) is 6.57 Å². The highest BCUT2D eigenvalue weighted by molar-refractivity contribution is 5.82. The number of ketones is 1. The molecule has 1 aromatic carbocycles. The Labute approximate surface area is 155 Å². The molecular weight excluding hydrogens is 359 g/mol. The second kappa shape index (κ2) is 9.67. The molecule has 0 fully saturated rings. The van der Waals surface area contributed by atoms with E-state index in [1.807, 2.05) is 0 Å². The van der Waals surface area contributed by atoms with Gasteiger partial charge in [-0.25, -0.2) is 6.57 Å². The summed E-state index contributed by atoms with van der Waals surface area (Å²) in [5, 5.41) is 8.09. The van der Waals surface area contributed by atoms with E-state index in [1.165, 1.54) is 18.2 Å². The second-order valence-corrected chi connectivity index (χ2v) is 5.94. The predicted molar refractivity (Wildman–Crippen MR) is 92.0 cm³/mol. The molecule has 0 aliphatic carbocycles. The quantitative estimate of drug-likeness (QED) is 0.490. The summed E-state index contributed by atoms with van der Waals surface area (Å²) in [6, 6.07) is 8.88. The van der Waals surface area contributed by atoms with Gasteiger partial charge in [0.1, 0.15) is 11.5 Å². The lowest BCUT2D eigenvalue weighted by Gasteiger charge is -2.09. The van der Waals surface area contributed by atoms with Crippen LogP contribution in [0.1, 0.15) is 29.8 Å². The summed E-state index contributed by atoms with van der Waals surface area (Å²) in [5.74, 6) is -0.534. The Morgan fingerprint density at radius 2 is 1.81 bits per heavy atom. The average Bonchev–Trinajstić information content (AvgIpc) is 2.59. The minimum absolute atomic E-state index is 0.0187. The zero-order chi connectivity index (χ0) is 19.7. The molecule has 0 aliphatic heterocycles. The number of halogens is 3. The van der Waals surface area contributed by atoms with Crippen molar-refractivity contribution in [1.82, 2.24) is 10.2 Å². The number of Topliss-reactive ketones (excluding diaryl/α,β-unsaturated/α-hetero) is 1. The first-order chi connectivity index (χ1) is 12.9. The normalized spacial score (nSPS) is 11.0. The molecule has 5 nitrogen and oxygen atoms in total. The van der Waals surface area contributed by atoms with Crippen LogP contribution in [0.3, 0.4) is 0 Å². The fourth-order valence-corrected chi connectivity index (χ4v) is 2.46. The van der Waals surface area contributed by atoms with Gasteiger partial charge in [0.2, 0.25) is 6.54 Å². The van der Waals surface area contributed by atoms with Crippen molar-refractivity contribution >= 4 is 5.78 Å². The first kappa shape index (κ1) is 20.4. The van der Waals surface area contributed by atoms with Gasteiger partial charge in [0.15, 0.2) is 0 Å². The molecular formula is C19H18F3N3O2. The molecule has 0 N–H and O–H groups in total. The highest BCUT2D eigenvalue weighted by atomic mass is 19.4. The zero-order valence-corrected chi connectivity index (χ0v) is 14.5. The molecule has 0 bridgehead atoms. The van der Waals surface area contributed by atoms with Gasteiger partial charge in [-0.15, -0.1) is 13.2 Å². The van der Waals surface area contributed by atoms with Gasteiger partial charge in [-0.1, -0.05) is 12.1 Å². The first-order valence-electron chi connectivity index (χ1n) is 8.37. The van der Waals surface area contributed by atoms with Crippen LogP contribution < -0.4 is 4.74 Å². The number of unbranched alkanes of at least 4 members (excludes halogenated alkanes) is 1. The molecule has 0 aliphatic rings. The maximum absolute atomic E-state index is 12.3. The molecule has 0 radical (unpaired) electrons. The van der Waals surface area contributed by atoms with Crippen LogP contribution in [-0.2, 0) is 24.1 Å². The van der Waals surface area contributed by atoms with Gasteiger partial charge in [-0.3, -0.25) is 4.79 Å². The summed E-state index contributed by atoms with van der Waals surface area (Å²) < 4.78 is 40.6. The number of hydrogen-bond acceptors (Lipinski definition) is 4. The van der Waals surface area contributed by atoms with Gasteiger partial charge < -0.3 is 9.58 Å². The van der Waals surface area contributed by atoms with Crippen molar-refractivity contribution in [3.8, 4) is 5.75 Å². The number of hydrogen-bond donors (Lipinski definition) is 0. The van der Waals surface area contributed by atoms with Crippen molar-refractivity contribution < 1.29 is 22.7 Å². The summed E-state index contributed by atoms with van der Waals surface area (Å²) in [6.07, 6.45) is -2.35. The number of carbonyl (C=O) groups is 1. The SMILES string of the molecule is [C-]#[N+]CCCCc1ccc(CC(=O)Cc2cccc(OC(F)(F)F)c2)nn1. The van der Waals surface area contributed by atoms with E-state index in [1.54, 1.807) is 18.2 Å². The first-order valence-corrected chi connectivity index (χ1v) is 8.37. The second-order valence-electron chi connectivity index (χ2n) is 5.94. The Morgan fingerprint density at radius 1 is 1.07 bits per heavy atom. The standard InChI is InChI=1S/C19H18F3N3O2/c1-23-10-3-2-6-15-8-9-16(25-24-15)13-17(26)11-14-5-4-7-18(12-14)27-19(20,21)22/h4-5,7-9,12H,2-3,6,10-11,13H2. The van der Waals surface area contributed by atoms with E-state index >= 15 is 0 Å². The maximum Gasteiger partial charge on any atom is 0.573 e. The molecule has 0 saturated heterocycles. The smallest absolute Gasteiger partial charge is 0.406 e. The largest absolute Gasteiger partial charge is 0.573 e. The van der Waals surface area contributed by atoms with Gasteiger partial charge >= 0.3 is 6.36 Å². The summed E-state index contributed by atoms with van der Waals surface area (Å²) in [4.78, 5) is 15.4. The van der Waals surface area contributed by atoms with Crippen molar-refractivity contribution in [2.45, 2.75) is 38.5 Å². The Balaban J connectivity index is 1.87. The maximum atomic E-state index is 12.3. The third kappa shape index (κ3) is 7.86. The lowest BCUT2D eigenvalue weighted by molar-refractivity contribution is -0.274. The fraction of sp³-hybridized carbons (Fsp3) is 0.368. The van der Waals surface area contributed by atoms with Gasteiger partial charge in [-0.05, 0) is 42.7 Å². The van der Waals surface area contributed by atoms with Crippen molar-refractivity contribution in [2.24, 2.45) is 0 Å². The minimum Gasteiger partial charge on any atom is -0.406 e. The Hall–Kier alpha value is -2.95. The van der Waals surface area contributed by atoms with Crippen LogP contribution >= 0.6 is 0 Å². The third-order valence-corrected chi connectivity index (χ3v) is 3.64. The Kier molecular flexibility index (Phi) is 7.29. The van der Waals surface area contributed by atoms with E-state index in [4.69, 9.17) is 6.57 Å². The van der Waals surface area contributed by atoms with E-state index in [0.717, 1.165) is 25.0 Å². The number of ether oxygens (including phenoxy) is 1. The number of benzene rings is 1. The zero-order valence-electron chi connectivity index (χ0n) is 14.5. The molecule has 8 heteroatoms. The molecule has 1 heterocycles. The van der Waals surface area contributed by atoms with Crippen LogP contribution in [0.4, 0.5) is 13.2 Å². The lowest BCUT2D eigenvalue weighted by Crippen LogP contribution is -2.17.